The average molecular weight is 537 g/mol. The molecule has 2 heterocycles. The maximum Gasteiger partial charge on any atom is 0.251 e. The molecule has 6 nitrogen and oxygen atoms in total. The third-order valence-corrected chi connectivity index (χ3v) is 8.58. The molecule has 1 amide bonds. The first kappa shape index (κ1) is 28.5. The average Bonchev–Trinajstić information content (AvgIpc) is 3.20. The molecule has 0 bridgehead atoms. The highest BCUT2D eigenvalue weighted by Gasteiger charge is 2.26. The Bertz CT molecular complexity index is 1190. The van der Waals surface area contributed by atoms with Gasteiger partial charge >= 0.3 is 0 Å². The predicted octanol–water partition coefficient (Wildman–Crippen LogP) is 5.56. The van der Waals surface area contributed by atoms with E-state index in [-0.39, 0.29) is 5.91 Å². The number of carbonyl (C=O) groups excluding carboxylic acids is 1. The second-order valence-electron chi connectivity index (χ2n) is 10.4. The molecule has 3 aromatic rings. The number of nitrogens with one attached hydrogen (secondary N) is 2. The van der Waals surface area contributed by atoms with Crippen LogP contribution in [-0.2, 0) is 19.4 Å². The summed E-state index contributed by atoms with van der Waals surface area (Å²) in [4.78, 5) is 13.7. The van der Waals surface area contributed by atoms with Crippen LogP contribution in [0.4, 0.5) is 5.69 Å². The highest BCUT2D eigenvalue weighted by Crippen LogP contribution is 2.38. The molecule has 0 spiro atoms. The van der Waals surface area contributed by atoms with Gasteiger partial charge in [0, 0.05) is 49.1 Å². The minimum absolute atomic E-state index is 0.144. The molecule has 38 heavy (non-hydrogen) atoms. The Morgan fingerprint density at radius 2 is 1.84 bits per heavy atom. The Balaban J connectivity index is 1.59. The van der Waals surface area contributed by atoms with E-state index in [0.29, 0.717) is 24.6 Å². The van der Waals surface area contributed by atoms with E-state index < -0.39 is 12.1 Å². The van der Waals surface area contributed by atoms with Crippen LogP contribution in [0.5, 0.6) is 0 Å². The highest BCUT2D eigenvalue weighted by atomic mass is 32.2. The third-order valence-electron chi connectivity index (χ3n) is 7.61. The molecular weight excluding hydrogens is 492 g/mol. The van der Waals surface area contributed by atoms with Gasteiger partial charge in [-0.15, -0.1) is 0 Å². The monoisotopic (exact) mass is 536 g/mol. The summed E-state index contributed by atoms with van der Waals surface area (Å²) in [6, 6.07) is 14.1. The van der Waals surface area contributed by atoms with Crippen molar-refractivity contribution < 1.29 is 9.90 Å². The molecule has 1 aliphatic heterocycles. The molecule has 7 heteroatoms. The minimum Gasteiger partial charge on any atom is -0.390 e. The number of aliphatic hydroxyl groups is 1. The second kappa shape index (κ2) is 13.5. The van der Waals surface area contributed by atoms with E-state index in [4.69, 9.17) is 0 Å². The van der Waals surface area contributed by atoms with Gasteiger partial charge in [0.05, 0.1) is 23.3 Å². The SMILES string of the molecule is CCCC(CCC)NC[C@@H](O)[C@H](Cc1ccccc1)NC(=O)c1cc2c3c(cn(CC)c3c1)CCSN2C. The van der Waals surface area contributed by atoms with Gasteiger partial charge in [-0.25, -0.2) is 0 Å². The molecule has 0 radical (unpaired) electrons. The molecule has 0 unspecified atom stereocenters. The number of hydrogen-bond donors (Lipinski definition) is 3. The van der Waals surface area contributed by atoms with Gasteiger partial charge in [0.2, 0.25) is 0 Å². The van der Waals surface area contributed by atoms with Crippen molar-refractivity contribution in [2.45, 2.75) is 84.0 Å². The number of nitrogens with zero attached hydrogens (tertiary/aromatic N) is 2. The highest BCUT2D eigenvalue weighted by molar-refractivity contribution is 8.00. The maximum atomic E-state index is 13.7. The van der Waals surface area contributed by atoms with E-state index in [1.54, 1.807) is 11.9 Å². The van der Waals surface area contributed by atoms with Crippen molar-refractivity contribution in [1.82, 2.24) is 15.2 Å². The van der Waals surface area contributed by atoms with Crippen LogP contribution in [0.1, 0.15) is 67.9 Å². The van der Waals surface area contributed by atoms with E-state index >= 15 is 0 Å². The van der Waals surface area contributed by atoms with Gasteiger partial charge in [0.25, 0.3) is 5.91 Å². The summed E-state index contributed by atoms with van der Waals surface area (Å²) >= 11 is 1.79. The quantitative estimate of drug-likeness (QED) is 0.250. The van der Waals surface area contributed by atoms with Crippen LogP contribution in [-0.4, -0.2) is 53.1 Å². The van der Waals surface area contributed by atoms with Crippen molar-refractivity contribution in [1.29, 1.82) is 0 Å². The summed E-state index contributed by atoms with van der Waals surface area (Å²) in [5, 5.41) is 19.3. The lowest BCUT2D eigenvalue weighted by Gasteiger charge is -2.27. The van der Waals surface area contributed by atoms with Gasteiger partial charge in [0.1, 0.15) is 0 Å². The van der Waals surface area contributed by atoms with Crippen molar-refractivity contribution in [3.63, 3.8) is 0 Å². The van der Waals surface area contributed by atoms with Crippen molar-refractivity contribution in [2.24, 2.45) is 0 Å². The lowest BCUT2D eigenvalue weighted by molar-refractivity contribution is 0.0823. The number of aromatic nitrogens is 1. The first-order valence-electron chi connectivity index (χ1n) is 14.2. The number of benzene rings is 2. The van der Waals surface area contributed by atoms with E-state index in [2.05, 4.69) is 65.7 Å². The summed E-state index contributed by atoms with van der Waals surface area (Å²) in [6.07, 6.45) is 7.52. The molecule has 2 atom stereocenters. The third kappa shape index (κ3) is 6.74. The fourth-order valence-corrected chi connectivity index (χ4v) is 6.43. The number of carbonyl (C=O) groups is 1. The molecule has 1 aliphatic rings. The lowest BCUT2D eigenvalue weighted by atomic mass is 9.99. The minimum atomic E-state index is -0.704. The predicted molar refractivity (Wildman–Crippen MR) is 161 cm³/mol. The van der Waals surface area contributed by atoms with Gasteiger partial charge < -0.3 is 24.6 Å². The first-order valence-corrected chi connectivity index (χ1v) is 15.2. The smallest absolute Gasteiger partial charge is 0.251 e. The summed E-state index contributed by atoms with van der Waals surface area (Å²) in [5.41, 5.74) is 5.26. The van der Waals surface area contributed by atoms with Crippen molar-refractivity contribution in [3.8, 4) is 0 Å². The molecular formula is C31H44N4O2S. The number of rotatable bonds is 13. The van der Waals surface area contributed by atoms with Crippen LogP contribution in [0, 0.1) is 0 Å². The van der Waals surface area contributed by atoms with Crippen LogP contribution in [0.2, 0.25) is 0 Å². The number of amides is 1. The molecule has 4 rings (SSSR count). The number of aliphatic hydroxyl groups excluding tert-OH is 1. The molecule has 0 fully saturated rings. The summed E-state index contributed by atoms with van der Waals surface area (Å²) < 4.78 is 4.44. The molecule has 0 aliphatic carbocycles. The molecule has 206 valence electrons. The van der Waals surface area contributed by atoms with Crippen LogP contribution in [0.3, 0.4) is 0 Å². The summed E-state index contributed by atoms with van der Waals surface area (Å²) in [5.74, 6) is 0.875. The van der Waals surface area contributed by atoms with E-state index in [1.165, 1.54) is 10.9 Å². The standard InChI is InChI=1S/C31H44N4O2S/c1-5-11-25(12-6-2)32-20-29(36)26(17-22-13-9-8-10-14-22)33-31(37)24-18-27-30-23(15-16-38-34(27)4)21-35(7-3)28(30)19-24/h8-10,13-14,18-19,21,25-26,29,32,36H,5-7,11-12,15-17,20H2,1-4H3,(H,33,37)/t26-,29+/m0/s1. The zero-order valence-corrected chi connectivity index (χ0v) is 24.2. The zero-order valence-electron chi connectivity index (χ0n) is 23.4. The Morgan fingerprint density at radius 1 is 1.11 bits per heavy atom. The van der Waals surface area contributed by atoms with Crippen molar-refractivity contribution in [2.75, 3.05) is 23.7 Å². The van der Waals surface area contributed by atoms with Gasteiger partial charge in [-0.1, -0.05) is 57.0 Å². The molecule has 0 saturated carbocycles. The van der Waals surface area contributed by atoms with Gasteiger partial charge in [0.15, 0.2) is 0 Å². The topological polar surface area (TPSA) is 69.5 Å². The molecule has 3 N–H and O–H groups in total. The van der Waals surface area contributed by atoms with Crippen molar-refractivity contribution >= 4 is 34.4 Å². The van der Waals surface area contributed by atoms with Crippen LogP contribution in [0.15, 0.2) is 48.7 Å². The molecule has 1 aromatic heterocycles. The van der Waals surface area contributed by atoms with Gasteiger partial charge in [-0.2, -0.15) is 0 Å². The van der Waals surface area contributed by atoms with E-state index in [0.717, 1.165) is 61.2 Å². The Kier molecular flexibility index (Phi) is 10.2. The normalized spacial score (nSPS) is 15.1. The zero-order chi connectivity index (χ0) is 27.1. The number of anilines is 1. The Hall–Kier alpha value is -2.48. The number of aryl methyl sites for hydroxylation is 2. The van der Waals surface area contributed by atoms with Crippen LogP contribution in [0.25, 0.3) is 10.9 Å². The van der Waals surface area contributed by atoms with E-state index in [1.807, 2.05) is 30.3 Å². The summed E-state index contributed by atoms with van der Waals surface area (Å²) in [6.45, 7) is 7.84. The fraction of sp³-hybridized carbons (Fsp3) is 0.516. The second-order valence-corrected chi connectivity index (χ2v) is 11.6. The molecule has 2 aromatic carbocycles. The first-order chi connectivity index (χ1) is 18.4. The van der Waals surface area contributed by atoms with Crippen LogP contribution < -0.4 is 14.9 Å². The maximum absolute atomic E-state index is 13.7. The lowest BCUT2D eigenvalue weighted by Crippen LogP contribution is -2.50. The Labute approximate surface area is 232 Å². The number of hydrogen-bond acceptors (Lipinski definition) is 5. The molecule has 0 saturated heterocycles. The van der Waals surface area contributed by atoms with Crippen LogP contribution >= 0.6 is 11.9 Å². The van der Waals surface area contributed by atoms with Gasteiger partial charge in [-0.05, 0) is 67.8 Å². The largest absolute Gasteiger partial charge is 0.390 e. The van der Waals surface area contributed by atoms with E-state index in [9.17, 15) is 9.90 Å². The summed E-state index contributed by atoms with van der Waals surface area (Å²) in [7, 11) is 2.08. The van der Waals surface area contributed by atoms with Gasteiger partial charge in [-0.3, -0.25) is 4.79 Å². The Morgan fingerprint density at radius 3 is 2.53 bits per heavy atom. The fourth-order valence-electron chi connectivity index (χ4n) is 5.56. The van der Waals surface area contributed by atoms with Crippen molar-refractivity contribution in [3.05, 3.63) is 65.4 Å².